The molecule has 1 heterocycles. The summed E-state index contributed by atoms with van der Waals surface area (Å²) < 4.78 is 0.808. The van der Waals surface area contributed by atoms with E-state index in [1.54, 1.807) is 11.8 Å². The van der Waals surface area contributed by atoms with Crippen LogP contribution in [-0.4, -0.2) is 20.6 Å². The molecule has 0 saturated heterocycles. The van der Waals surface area contributed by atoms with Crippen LogP contribution in [0.2, 0.25) is 0 Å². The van der Waals surface area contributed by atoms with Crippen LogP contribution < -0.4 is 0 Å². The largest absolute Gasteiger partial charge is 0.507 e. The number of carbonyl (C=O) groups is 1. The summed E-state index contributed by atoms with van der Waals surface area (Å²) in [5.74, 6) is 0.172. The Balaban J connectivity index is 2.50. The first-order chi connectivity index (χ1) is 11.8. The molecule has 3 nitrogen and oxygen atoms in total. The third kappa shape index (κ3) is 4.95. The summed E-state index contributed by atoms with van der Waals surface area (Å²) in [4.78, 5) is 17.1. The third-order valence-electron chi connectivity index (χ3n) is 3.98. The maximum absolute atomic E-state index is 12.3. The van der Waals surface area contributed by atoms with Crippen LogP contribution in [0.3, 0.4) is 0 Å². The minimum Gasteiger partial charge on any atom is -0.507 e. The van der Waals surface area contributed by atoms with Crippen molar-refractivity contribution in [2.24, 2.45) is 4.99 Å². The third-order valence-corrected chi connectivity index (χ3v) is 6.06. The molecule has 1 aromatic carbocycles. The average Bonchev–Trinajstić information content (AvgIpc) is 2.77. The van der Waals surface area contributed by atoms with E-state index in [0.29, 0.717) is 15.9 Å². The summed E-state index contributed by atoms with van der Waals surface area (Å²) in [5, 5.41) is 11.2. The maximum atomic E-state index is 12.3. The van der Waals surface area contributed by atoms with E-state index in [4.69, 9.17) is 0 Å². The summed E-state index contributed by atoms with van der Waals surface area (Å²) >= 11 is 3.04. The van der Waals surface area contributed by atoms with Gasteiger partial charge in [-0.3, -0.25) is 4.79 Å². The molecular weight excluding hydrogens is 362 g/mol. The fourth-order valence-electron chi connectivity index (χ4n) is 2.68. The molecule has 1 aromatic rings. The van der Waals surface area contributed by atoms with Gasteiger partial charge in [0.05, 0.1) is 4.91 Å². The Morgan fingerprint density at radius 1 is 1.08 bits per heavy atom. The quantitative estimate of drug-likeness (QED) is 0.619. The molecular formula is C21H29NO2S2. The van der Waals surface area contributed by atoms with E-state index < -0.39 is 0 Å². The van der Waals surface area contributed by atoms with E-state index in [9.17, 15) is 9.90 Å². The Morgan fingerprint density at radius 3 is 2.00 bits per heavy atom. The van der Waals surface area contributed by atoms with E-state index in [-0.39, 0.29) is 16.7 Å². The van der Waals surface area contributed by atoms with Gasteiger partial charge >= 0.3 is 0 Å². The number of hydrogen-bond donors (Lipinski definition) is 1. The summed E-state index contributed by atoms with van der Waals surface area (Å²) in [6.07, 6.45) is 1.90. The van der Waals surface area contributed by atoms with Crippen molar-refractivity contribution in [3.8, 4) is 5.75 Å². The first kappa shape index (κ1) is 21.1. The second-order valence-electron chi connectivity index (χ2n) is 8.92. The molecule has 0 atom stereocenters. The zero-order chi connectivity index (χ0) is 19.9. The highest BCUT2D eigenvalue weighted by Crippen LogP contribution is 2.41. The Labute approximate surface area is 165 Å². The minimum absolute atomic E-state index is 0.180. The monoisotopic (exact) mass is 391 g/mol. The van der Waals surface area contributed by atoms with E-state index in [2.05, 4.69) is 60.4 Å². The van der Waals surface area contributed by atoms with Gasteiger partial charge < -0.3 is 5.11 Å². The second kappa shape index (κ2) is 7.43. The van der Waals surface area contributed by atoms with Gasteiger partial charge in [-0.1, -0.05) is 78.9 Å². The van der Waals surface area contributed by atoms with E-state index in [1.165, 1.54) is 11.8 Å². The molecule has 142 valence electrons. The molecule has 0 unspecified atom stereocenters. The SMILES string of the molecule is CC(C)SC1=NC(=O)/C(=C/c2cc(C(C)(C)C)c(O)c(C(C)(C)C)c2)S1. The van der Waals surface area contributed by atoms with Crippen LogP contribution >= 0.6 is 23.5 Å². The summed E-state index contributed by atoms with van der Waals surface area (Å²) in [7, 11) is 0. The molecule has 1 aliphatic rings. The molecule has 26 heavy (non-hydrogen) atoms. The van der Waals surface area contributed by atoms with Gasteiger partial charge in [0, 0.05) is 16.4 Å². The Hall–Kier alpha value is -1.20. The summed E-state index contributed by atoms with van der Waals surface area (Å²) in [6, 6.07) is 3.97. The van der Waals surface area contributed by atoms with Crippen LogP contribution in [-0.2, 0) is 15.6 Å². The van der Waals surface area contributed by atoms with Crippen molar-refractivity contribution in [2.75, 3.05) is 0 Å². The number of aliphatic imine (C=N–C) groups is 1. The molecule has 0 aromatic heterocycles. The molecule has 0 bridgehead atoms. The number of thioether (sulfide) groups is 2. The lowest BCUT2D eigenvalue weighted by atomic mass is 9.78. The first-order valence-corrected chi connectivity index (χ1v) is 10.6. The average molecular weight is 392 g/mol. The highest BCUT2D eigenvalue weighted by molar-refractivity contribution is 8.41. The smallest absolute Gasteiger partial charge is 0.285 e. The highest BCUT2D eigenvalue weighted by Gasteiger charge is 2.27. The van der Waals surface area contributed by atoms with Crippen LogP contribution in [0.25, 0.3) is 6.08 Å². The van der Waals surface area contributed by atoms with Gasteiger partial charge in [0.15, 0.2) is 0 Å². The van der Waals surface area contributed by atoms with E-state index in [0.717, 1.165) is 21.1 Å². The second-order valence-corrected chi connectivity index (χ2v) is 11.8. The minimum atomic E-state index is -0.194. The van der Waals surface area contributed by atoms with Crippen molar-refractivity contribution in [1.29, 1.82) is 0 Å². The van der Waals surface area contributed by atoms with Gasteiger partial charge in [-0.15, -0.1) is 0 Å². The number of phenols is 1. The van der Waals surface area contributed by atoms with Crippen LogP contribution in [0.15, 0.2) is 22.0 Å². The lowest BCUT2D eigenvalue weighted by Crippen LogP contribution is -2.17. The number of carbonyl (C=O) groups excluding carboxylic acids is 1. The Bertz CT molecular complexity index is 743. The van der Waals surface area contributed by atoms with Gasteiger partial charge in [0.25, 0.3) is 5.91 Å². The fraction of sp³-hybridized carbons (Fsp3) is 0.524. The Kier molecular flexibility index (Phi) is 6.03. The van der Waals surface area contributed by atoms with Crippen molar-refractivity contribution in [2.45, 2.75) is 71.5 Å². The summed E-state index contributed by atoms with van der Waals surface area (Å²) in [5.41, 5.74) is 2.33. The maximum Gasteiger partial charge on any atom is 0.285 e. The lowest BCUT2D eigenvalue weighted by molar-refractivity contribution is -0.113. The topological polar surface area (TPSA) is 49.7 Å². The molecule has 1 amide bonds. The van der Waals surface area contributed by atoms with Crippen LogP contribution in [0.1, 0.15) is 72.1 Å². The van der Waals surface area contributed by atoms with Gasteiger partial charge in [-0.25, -0.2) is 0 Å². The van der Waals surface area contributed by atoms with E-state index >= 15 is 0 Å². The predicted octanol–water partition coefficient (Wildman–Crippen LogP) is 6.10. The molecule has 0 radical (unpaired) electrons. The van der Waals surface area contributed by atoms with Crippen molar-refractivity contribution in [3.05, 3.63) is 33.7 Å². The van der Waals surface area contributed by atoms with Gasteiger partial charge in [-0.2, -0.15) is 4.99 Å². The fourth-order valence-corrected chi connectivity index (χ4v) is 4.90. The molecule has 1 aliphatic heterocycles. The van der Waals surface area contributed by atoms with Crippen molar-refractivity contribution < 1.29 is 9.90 Å². The number of rotatable bonds is 2. The lowest BCUT2D eigenvalue weighted by Gasteiger charge is -2.28. The van der Waals surface area contributed by atoms with Crippen molar-refractivity contribution in [1.82, 2.24) is 0 Å². The molecule has 0 saturated carbocycles. The number of benzene rings is 1. The van der Waals surface area contributed by atoms with Gasteiger partial charge in [-0.05, 0) is 34.6 Å². The summed E-state index contributed by atoms with van der Waals surface area (Å²) in [6.45, 7) is 16.7. The molecule has 0 fully saturated rings. The molecule has 1 N–H and O–H groups in total. The van der Waals surface area contributed by atoms with E-state index in [1.807, 2.05) is 18.2 Å². The van der Waals surface area contributed by atoms with Crippen LogP contribution in [0, 0.1) is 0 Å². The zero-order valence-corrected chi connectivity index (χ0v) is 18.6. The normalized spacial score (nSPS) is 17.3. The Morgan fingerprint density at radius 2 is 1.58 bits per heavy atom. The van der Waals surface area contributed by atoms with Crippen molar-refractivity contribution in [3.63, 3.8) is 0 Å². The number of aromatic hydroxyl groups is 1. The molecule has 0 aliphatic carbocycles. The zero-order valence-electron chi connectivity index (χ0n) is 16.9. The molecule has 5 heteroatoms. The highest BCUT2D eigenvalue weighted by atomic mass is 32.2. The van der Waals surface area contributed by atoms with Gasteiger partial charge in [0.2, 0.25) is 0 Å². The first-order valence-electron chi connectivity index (χ1n) is 8.86. The standard InChI is InChI=1S/C21H29NO2S2/c1-12(2)25-19-22-18(24)16(26-19)11-13-9-14(20(3,4)5)17(23)15(10-13)21(6,7)8/h9-12,23H,1-8H3/b16-11-. The number of phenolic OH excluding ortho intramolecular Hbond substituents is 1. The van der Waals surface area contributed by atoms with Crippen LogP contribution in [0.4, 0.5) is 0 Å². The predicted molar refractivity (Wildman–Crippen MR) is 116 cm³/mol. The van der Waals surface area contributed by atoms with Crippen LogP contribution in [0.5, 0.6) is 5.75 Å². The van der Waals surface area contributed by atoms with Gasteiger partial charge in [0.1, 0.15) is 10.1 Å². The molecule has 0 spiro atoms. The number of amides is 1. The number of hydrogen-bond acceptors (Lipinski definition) is 4. The molecule has 2 rings (SSSR count). The van der Waals surface area contributed by atoms with Crippen molar-refractivity contribution >= 4 is 39.9 Å². The number of nitrogens with zero attached hydrogens (tertiary/aromatic N) is 1.